The molecule has 1 aliphatic rings. The molecule has 0 radical (unpaired) electrons. The first-order valence-electron chi connectivity index (χ1n) is 9.83. The third-order valence-electron chi connectivity index (χ3n) is 5.45. The minimum atomic E-state index is -3.63. The van der Waals surface area contributed by atoms with Crippen molar-refractivity contribution in [2.45, 2.75) is 44.6 Å². The maximum Gasteiger partial charge on any atom is 0.256 e. The molecule has 1 aromatic carbocycles. The number of hydrogen-bond acceptors (Lipinski definition) is 5. The second-order valence-electron chi connectivity index (χ2n) is 7.62. The molecule has 7 nitrogen and oxygen atoms in total. The summed E-state index contributed by atoms with van der Waals surface area (Å²) in [5.74, 6) is 0.0792. The van der Waals surface area contributed by atoms with Crippen molar-refractivity contribution in [1.82, 2.24) is 15.0 Å². The van der Waals surface area contributed by atoms with E-state index in [2.05, 4.69) is 20.3 Å². The van der Waals surface area contributed by atoms with Crippen molar-refractivity contribution in [3.05, 3.63) is 53.3 Å². The number of nitrogens with one attached hydrogen (secondary N) is 3. The molecule has 1 aromatic heterocycles. The minimum Gasteiger partial charge on any atom is -0.322 e. The fourth-order valence-electron chi connectivity index (χ4n) is 3.61. The molecule has 0 aliphatic carbocycles. The van der Waals surface area contributed by atoms with E-state index < -0.39 is 10.0 Å². The number of hydrogen-bond donors (Lipinski definition) is 3. The number of sulfonamides is 1. The molecule has 3 N–H and O–H groups in total. The predicted molar refractivity (Wildman–Crippen MR) is 121 cm³/mol. The highest BCUT2D eigenvalue weighted by molar-refractivity contribution is 7.89. The monoisotopic (exact) mass is 452 g/mol. The molecule has 1 unspecified atom stereocenters. The van der Waals surface area contributed by atoms with Crippen molar-refractivity contribution < 1.29 is 13.2 Å². The number of halogens is 1. The molecule has 0 spiro atoms. The molecule has 1 amide bonds. The van der Waals surface area contributed by atoms with E-state index in [0.717, 1.165) is 31.5 Å². The topological polar surface area (TPSA) is 100 Å². The van der Waals surface area contributed by atoms with E-state index in [1.165, 1.54) is 6.07 Å². The molecule has 9 heteroatoms. The highest BCUT2D eigenvalue weighted by atomic mass is 35.5. The lowest BCUT2D eigenvalue weighted by Crippen LogP contribution is -2.42. The number of nitrogens with zero attached hydrogens (tertiary/aromatic N) is 1. The number of anilines is 1. The summed E-state index contributed by atoms with van der Waals surface area (Å²) in [6.45, 7) is 7.36. The first-order chi connectivity index (χ1) is 13.8. The average Bonchev–Trinajstić information content (AvgIpc) is 2.70. The number of pyridine rings is 1. The Hall–Kier alpha value is -2.00. The molecular formula is C21H29ClN4O3S. The highest BCUT2D eigenvalue weighted by Gasteiger charge is 2.25. The van der Waals surface area contributed by atoms with Crippen LogP contribution in [0.3, 0.4) is 0 Å². The van der Waals surface area contributed by atoms with Crippen molar-refractivity contribution in [2.75, 3.05) is 18.4 Å². The smallest absolute Gasteiger partial charge is 0.256 e. The summed E-state index contributed by atoms with van der Waals surface area (Å²) >= 11 is 0. The van der Waals surface area contributed by atoms with Crippen molar-refractivity contribution >= 4 is 34.0 Å². The van der Waals surface area contributed by atoms with Gasteiger partial charge >= 0.3 is 0 Å². The van der Waals surface area contributed by atoms with E-state index in [4.69, 9.17) is 0 Å². The van der Waals surface area contributed by atoms with Crippen molar-refractivity contribution in [2.24, 2.45) is 5.92 Å². The summed E-state index contributed by atoms with van der Waals surface area (Å²) in [5.41, 5.74) is 2.57. The second-order valence-corrected chi connectivity index (χ2v) is 9.33. The number of amides is 1. The van der Waals surface area contributed by atoms with Crippen LogP contribution in [0, 0.1) is 19.8 Å². The van der Waals surface area contributed by atoms with Crippen LogP contribution in [-0.4, -0.2) is 38.4 Å². The Kier molecular flexibility index (Phi) is 8.37. The van der Waals surface area contributed by atoms with Crippen molar-refractivity contribution in [3.63, 3.8) is 0 Å². The summed E-state index contributed by atoms with van der Waals surface area (Å²) in [5, 5.41) is 6.14. The van der Waals surface area contributed by atoms with Crippen LogP contribution < -0.4 is 15.4 Å². The fraction of sp³-hybridized carbons (Fsp3) is 0.429. The van der Waals surface area contributed by atoms with Crippen LogP contribution in [0.2, 0.25) is 0 Å². The third-order valence-corrected chi connectivity index (χ3v) is 7.01. The molecule has 1 aliphatic heterocycles. The molecule has 30 heavy (non-hydrogen) atoms. The lowest BCUT2D eigenvalue weighted by atomic mass is 9.92. The number of benzene rings is 1. The van der Waals surface area contributed by atoms with Crippen LogP contribution in [0.4, 0.5) is 5.69 Å². The zero-order valence-corrected chi connectivity index (χ0v) is 19.1. The molecule has 2 heterocycles. The molecule has 0 saturated carbocycles. The third kappa shape index (κ3) is 5.78. The number of aromatic nitrogens is 1. The van der Waals surface area contributed by atoms with Crippen LogP contribution in [0.25, 0.3) is 0 Å². The van der Waals surface area contributed by atoms with Gasteiger partial charge < -0.3 is 10.6 Å². The van der Waals surface area contributed by atoms with Gasteiger partial charge in [-0.15, -0.1) is 12.4 Å². The average molecular weight is 453 g/mol. The van der Waals surface area contributed by atoms with Gasteiger partial charge in [-0.05, 0) is 88.0 Å². The van der Waals surface area contributed by atoms with E-state index in [1.807, 2.05) is 13.8 Å². The zero-order valence-electron chi connectivity index (χ0n) is 17.4. The number of carbonyl (C=O) groups is 1. The maximum atomic E-state index is 12.8. The Balaban J connectivity index is 0.00000320. The van der Waals surface area contributed by atoms with Crippen molar-refractivity contribution in [3.8, 4) is 0 Å². The quantitative estimate of drug-likeness (QED) is 0.625. The van der Waals surface area contributed by atoms with Gasteiger partial charge in [0.2, 0.25) is 10.0 Å². The van der Waals surface area contributed by atoms with E-state index in [9.17, 15) is 13.2 Å². The van der Waals surface area contributed by atoms with Crippen LogP contribution in [0.1, 0.15) is 41.3 Å². The predicted octanol–water partition coefficient (Wildman–Crippen LogP) is 3.04. The normalized spacial score (nSPS) is 15.8. The Morgan fingerprint density at radius 2 is 1.87 bits per heavy atom. The molecule has 1 fully saturated rings. The Morgan fingerprint density at radius 3 is 2.50 bits per heavy atom. The number of carbonyl (C=O) groups excluding carboxylic acids is 1. The molecular weight excluding hydrogens is 424 g/mol. The number of aryl methyl sites for hydroxylation is 2. The lowest BCUT2D eigenvalue weighted by molar-refractivity contribution is 0.102. The fourth-order valence-corrected chi connectivity index (χ4v) is 5.01. The van der Waals surface area contributed by atoms with E-state index in [-0.39, 0.29) is 29.3 Å². The summed E-state index contributed by atoms with van der Waals surface area (Å²) in [4.78, 5) is 16.7. The van der Waals surface area contributed by atoms with Crippen LogP contribution in [-0.2, 0) is 10.0 Å². The van der Waals surface area contributed by atoms with Gasteiger partial charge in [0.1, 0.15) is 0 Å². The van der Waals surface area contributed by atoms with Gasteiger partial charge in [-0.3, -0.25) is 9.78 Å². The highest BCUT2D eigenvalue weighted by Crippen LogP contribution is 2.23. The zero-order chi connectivity index (χ0) is 21.0. The molecule has 1 atom stereocenters. The van der Waals surface area contributed by atoms with E-state index in [1.54, 1.807) is 37.5 Å². The van der Waals surface area contributed by atoms with E-state index >= 15 is 0 Å². The minimum absolute atomic E-state index is 0. The van der Waals surface area contributed by atoms with Gasteiger partial charge in [-0.25, -0.2) is 13.1 Å². The second kappa shape index (κ2) is 10.3. The van der Waals surface area contributed by atoms with Crippen LogP contribution in [0.5, 0.6) is 0 Å². The van der Waals surface area contributed by atoms with Gasteiger partial charge in [-0.1, -0.05) is 0 Å². The van der Waals surface area contributed by atoms with Gasteiger partial charge in [0.05, 0.1) is 4.90 Å². The molecule has 2 aromatic rings. The molecule has 0 bridgehead atoms. The van der Waals surface area contributed by atoms with Crippen LogP contribution >= 0.6 is 12.4 Å². The van der Waals surface area contributed by atoms with Crippen LogP contribution in [0.15, 0.2) is 41.6 Å². The first kappa shape index (κ1) is 24.3. The molecule has 1 saturated heterocycles. The van der Waals surface area contributed by atoms with Gasteiger partial charge in [0.25, 0.3) is 5.91 Å². The van der Waals surface area contributed by atoms with Gasteiger partial charge in [0.15, 0.2) is 0 Å². The summed E-state index contributed by atoms with van der Waals surface area (Å²) in [7, 11) is -3.63. The standard InChI is InChI=1S/C21H28N4O3S.ClH/c1-14-12-18(29(27,28)25-16(3)17-6-9-22-10-7-17)4-5-20(14)24-21(26)19-8-11-23-13-15(19)2;/h4-5,8,11-13,16-17,22,25H,6-7,9-10H2,1-3H3,(H,24,26);1H. The van der Waals surface area contributed by atoms with Gasteiger partial charge in [-0.2, -0.15) is 0 Å². The lowest BCUT2D eigenvalue weighted by Gasteiger charge is -2.28. The maximum absolute atomic E-state index is 12.8. The molecule has 164 valence electrons. The van der Waals surface area contributed by atoms with Gasteiger partial charge in [0, 0.05) is 29.7 Å². The molecule has 3 rings (SSSR count). The largest absolute Gasteiger partial charge is 0.322 e. The summed E-state index contributed by atoms with van der Waals surface area (Å²) in [6, 6.07) is 6.28. The Morgan fingerprint density at radius 1 is 1.17 bits per heavy atom. The first-order valence-corrected chi connectivity index (χ1v) is 11.3. The van der Waals surface area contributed by atoms with Crippen molar-refractivity contribution in [1.29, 1.82) is 0 Å². The Labute approximate surface area is 184 Å². The number of piperidine rings is 1. The summed E-state index contributed by atoms with van der Waals surface area (Å²) < 4.78 is 28.4. The number of rotatable bonds is 6. The summed E-state index contributed by atoms with van der Waals surface area (Å²) in [6.07, 6.45) is 5.12. The SMILES string of the molecule is Cc1cc(S(=O)(=O)NC(C)C2CCNCC2)ccc1NC(=O)c1ccncc1C.Cl. The van der Waals surface area contributed by atoms with E-state index in [0.29, 0.717) is 22.7 Å². The Bertz CT molecular complexity index is 991.